The van der Waals surface area contributed by atoms with Crippen molar-refractivity contribution < 1.29 is 0 Å². The molecule has 0 aliphatic rings. The van der Waals surface area contributed by atoms with Gasteiger partial charge in [-0.15, -0.1) is 0 Å². The topological polar surface area (TPSA) is 38.4 Å². The lowest BCUT2D eigenvalue weighted by Gasteiger charge is -2.22. The van der Waals surface area contributed by atoms with Gasteiger partial charge in [-0.25, -0.2) is 4.99 Å². The molecule has 0 radical (unpaired) electrons. The van der Waals surface area contributed by atoms with Crippen molar-refractivity contribution in [2.24, 2.45) is 10.7 Å². The molecular weight excluding hydrogens is 324 g/mol. The molecule has 0 unspecified atom stereocenters. The van der Waals surface area contributed by atoms with E-state index >= 15 is 0 Å². The minimum atomic E-state index is 0.171. The van der Waals surface area contributed by atoms with Crippen molar-refractivity contribution in [3.05, 3.63) is 63.7 Å². The Labute approximate surface area is 156 Å². The SMILES string of the molecule is Cc1cc(C(C)(C)C)cc(C)c1CSC(N)=Nc1c(C)cccc1C. The first-order valence-electron chi connectivity index (χ1n) is 8.73. The number of nitrogens with zero attached hydrogens (tertiary/aromatic N) is 1. The van der Waals surface area contributed by atoms with Gasteiger partial charge in [0.05, 0.1) is 5.69 Å². The fourth-order valence-electron chi connectivity index (χ4n) is 2.92. The normalized spacial score (nSPS) is 12.5. The molecule has 134 valence electrons. The molecule has 0 saturated heterocycles. The van der Waals surface area contributed by atoms with Crippen molar-refractivity contribution in [2.45, 2.75) is 59.6 Å². The van der Waals surface area contributed by atoms with Crippen LogP contribution in [-0.4, -0.2) is 5.17 Å². The van der Waals surface area contributed by atoms with Crippen molar-refractivity contribution in [3.63, 3.8) is 0 Å². The quantitative estimate of drug-likeness (QED) is 0.534. The molecule has 25 heavy (non-hydrogen) atoms. The number of para-hydroxylation sites is 1. The number of aryl methyl sites for hydroxylation is 4. The summed E-state index contributed by atoms with van der Waals surface area (Å²) in [5.41, 5.74) is 15.1. The molecule has 3 heteroatoms. The molecule has 0 amide bonds. The van der Waals surface area contributed by atoms with Gasteiger partial charge >= 0.3 is 0 Å². The highest BCUT2D eigenvalue weighted by Crippen LogP contribution is 2.29. The van der Waals surface area contributed by atoms with E-state index < -0.39 is 0 Å². The summed E-state index contributed by atoms with van der Waals surface area (Å²) in [6.45, 7) is 15.3. The number of rotatable bonds is 3. The van der Waals surface area contributed by atoms with Crippen LogP contribution in [0.4, 0.5) is 5.69 Å². The predicted octanol–water partition coefficient (Wildman–Crippen LogP) is 6.10. The smallest absolute Gasteiger partial charge is 0.159 e. The van der Waals surface area contributed by atoms with E-state index in [1.165, 1.54) is 22.3 Å². The number of nitrogens with two attached hydrogens (primary N) is 1. The third-order valence-corrected chi connectivity index (χ3v) is 5.41. The van der Waals surface area contributed by atoms with Crippen molar-refractivity contribution >= 4 is 22.6 Å². The lowest BCUT2D eigenvalue weighted by Crippen LogP contribution is -2.13. The van der Waals surface area contributed by atoms with Crippen molar-refractivity contribution in [1.82, 2.24) is 0 Å². The molecule has 2 aromatic rings. The van der Waals surface area contributed by atoms with Gasteiger partial charge in [0.2, 0.25) is 0 Å². The van der Waals surface area contributed by atoms with Gasteiger partial charge in [-0.1, -0.05) is 62.9 Å². The third-order valence-electron chi connectivity index (χ3n) is 4.59. The molecular formula is C22H30N2S. The van der Waals surface area contributed by atoms with E-state index in [-0.39, 0.29) is 5.41 Å². The summed E-state index contributed by atoms with van der Waals surface area (Å²) in [4.78, 5) is 4.65. The van der Waals surface area contributed by atoms with Gasteiger partial charge in [0.1, 0.15) is 0 Å². The van der Waals surface area contributed by atoms with Crippen LogP contribution in [0.5, 0.6) is 0 Å². The van der Waals surface area contributed by atoms with Crippen LogP contribution in [0.15, 0.2) is 35.3 Å². The lowest BCUT2D eigenvalue weighted by molar-refractivity contribution is 0.589. The Hall–Kier alpha value is -1.74. The second-order valence-corrected chi connectivity index (χ2v) is 8.81. The largest absolute Gasteiger partial charge is 0.378 e. The first-order valence-corrected chi connectivity index (χ1v) is 9.72. The molecule has 0 saturated carbocycles. The molecule has 0 bridgehead atoms. The van der Waals surface area contributed by atoms with Crippen LogP contribution in [0.25, 0.3) is 0 Å². The zero-order valence-corrected chi connectivity index (χ0v) is 17.3. The zero-order valence-electron chi connectivity index (χ0n) is 16.5. The Morgan fingerprint density at radius 1 is 0.960 bits per heavy atom. The summed E-state index contributed by atoms with van der Waals surface area (Å²) in [6, 6.07) is 10.8. The Balaban J connectivity index is 2.20. The highest BCUT2D eigenvalue weighted by Gasteiger charge is 2.16. The molecule has 0 atom stereocenters. The average Bonchev–Trinajstić information content (AvgIpc) is 2.49. The molecule has 0 aliphatic heterocycles. The first-order chi connectivity index (χ1) is 11.6. The number of amidine groups is 1. The number of benzene rings is 2. The van der Waals surface area contributed by atoms with Crippen LogP contribution in [0.1, 0.15) is 54.2 Å². The molecule has 0 spiro atoms. The van der Waals surface area contributed by atoms with E-state index in [2.05, 4.69) is 83.8 Å². The predicted molar refractivity (Wildman–Crippen MR) is 113 cm³/mol. The van der Waals surface area contributed by atoms with E-state index in [4.69, 9.17) is 5.73 Å². The fourth-order valence-corrected chi connectivity index (χ4v) is 3.83. The van der Waals surface area contributed by atoms with Gasteiger partial charge in [0.15, 0.2) is 5.17 Å². The highest BCUT2D eigenvalue weighted by molar-refractivity contribution is 8.13. The van der Waals surface area contributed by atoms with Crippen molar-refractivity contribution in [2.75, 3.05) is 0 Å². The number of hydrogen-bond acceptors (Lipinski definition) is 2. The Morgan fingerprint density at radius 3 is 1.96 bits per heavy atom. The second kappa shape index (κ2) is 7.65. The van der Waals surface area contributed by atoms with E-state index in [1.807, 2.05) is 0 Å². The zero-order chi connectivity index (χ0) is 18.8. The van der Waals surface area contributed by atoms with Gasteiger partial charge in [0, 0.05) is 5.75 Å². The van der Waals surface area contributed by atoms with Crippen molar-refractivity contribution in [3.8, 4) is 0 Å². The maximum atomic E-state index is 6.20. The minimum absolute atomic E-state index is 0.171. The molecule has 0 fully saturated rings. The summed E-state index contributed by atoms with van der Waals surface area (Å²) < 4.78 is 0. The van der Waals surface area contributed by atoms with Crippen LogP contribution in [0, 0.1) is 27.7 Å². The van der Waals surface area contributed by atoms with E-state index in [1.54, 1.807) is 11.8 Å². The molecule has 0 aromatic heterocycles. The van der Waals surface area contributed by atoms with Crippen LogP contribution >= 0.6 is 11.8 Å². The van der Waals surface area contributed by atoms with Gasteiger partial charge in [-0.05, 0) is 66.5 Å². The number of hydrogen-bond donors (Lipinski definition) is 1. The van der Waals surface area contributed by atoms with Gasteiger partial charge < -0.3 is 5.73 Å². The van der Waals surface area contributed by atoms with Gasteiger partial charge in [-0.2, -0.15) is 0 Å². The number of thioether (sulfide) groups is 1. The Morgan fingerprint density at radius 2 is 1.48 bits per heavy atom. The number of aliphatic imine (C=N–C) groups is 1. The second-order valence-electron chi connectivity index (χ2n) is 7.82. The average molecular weight is 355 g/mol. The first kappa shape index (κ1) is 19.6. The highest BCUT2D eigenvalue weighted by atomic mass is 32.2. The maximum absolute atomic E-state index is 6.20. The monoisotopic (exact) mass is 354 g/mol. The van der Waals surface area contributed by atoms with E-state index in [9.17, 15) is 0 Å². The van der Waals surface area contributed by atoms with Crippen LogP contribution in [-0.2, 0) is 11.2 Å². The Bertz CT molecular complexity index is 755. The molecule has 2 rings (SSSR count). The van der Waals surface area contributed by atoms with Crippen molar-refractivity contribution in [1.29, 1.82) is 0 Å². The molecule has 2 N–H and O–H groups in total. The summed E-state index contributed by atoms with van der Waals surface area (Å²) in [5, 5.41) is 0.621. The van der Waals surface area contributed by atoms with Crippen LogP contribution in [0.2, 0.25) is 0 Å². The third kappa shape index (κ3) is 4.88. The fraction of sp³-hybridized carbons (Fsp3) is 0.409. The summed E-state index contributed by atoms with van der Waals surface area (Å²) >= 11 is 1.61. The standard InChI is InChI=1S/C22H30N2S/c1-14-9-8-10-15(2)20(14)24-21(23)25-13-19-16(3)11-18(12-17(19)4)22(5,6)7/h8-12H,13H2,1-7H3,(H2,23,24). The van der Waals surface area contributed by atoms with Crippen LogP contribution < -0.4 is 5.73 Å². The minimum Gasteiger partial charge on any atom is -0.378 e. The van der Waals surface area contributed by atoms with Crippen LogP contribution in [0.3, 0.4) is 0 Å². The summed E-state index contributed by atoms with van der Waals surface area (Å²) in [7, 11) is 0. The van der Waals surface area contributed by atoms with Gasteiger partial charge in [-0.3, -0.25) is 0 Å². The Kier molecular flexibility index (Phi) is 5.99. The molecule has 2 nitrogen and oxygen atoms in total. The molecule has 0 aliphatic carbocycles. The molecule has 0 heterocycles. The summed E-state index contributed by atoms with van der Waals surface area (Å²) in [5.74, 6) is 0.850. The summed E-state index contributed by atoms with van der Waals surface area (Å²) in [6.07, 6.45) is 0. The maximum Gasteiger partial charge on any atom is 0.159 e. The van der Waals surface area contributed by atoms with E-state index in [0.717, 1.165) is 22.6 Å². The lowest BCUT2D eigenvalue weighted by atomic mass is 9.84. The van der Waals surface area contributed by atoms with E-state index in [0.29, 0.717) is 5.17 Å². The molecule has 2 aromatic carbocycles. The van der Waals surface area contributed by atoms with Gasteiger partial charge in [0.25, 0.3) is 0 Å².